The van der Waals surface area contributed by atoms with Crippen LogP contribution in [0, 0.1) is 0 Å². The van der Waals surface area contributed by atoms with Gasteiger partial charge in [-0.05, 0) is 29.6 Å². The molecular formula is C19H17N3O2S. The number of hydrogen-bond donors (Lipinski definition) is 0. The molecule has 0 aliphatic rings. The molecule has 0 spiro atoms. The van der Waals surface area contributed by atoms with Crippen LogP contribution < -0.4 is 5.56 Å². The van der Waals surface area contributed by atoms with Crippen molar-refractivity contribution in [1.82, 2.24) is 14.7 Å². The van der Waals surface area contributed by atoms with Crippen molar-refractivity contribution in [3.63, 3.8) is 0 Å². The average Bonchev–Trinajstić information content (AvgIpc) is 3.15. The zero-order valence-corrected chi connectivity index (χ0v) is 14.4. The number of thiophene rings is 1. The summed E-state index contributed by atoms with van der Waals surface area (Å²) in [6, 6.07) is 15.8. The first-order valence-corrected chi connectivity index (χ1v) is 8.65. The minimum atomic E-state index is -0.281. The standard InChI is InChI=1S/C19H17N3O2S/c1-2-12-21(14-16-9-6-13-25-16)19(24)17-10-11-18(23)22(20-17)15-7-4-3-5-8-15/h2-11,13H,1,12,14H2. The maximum Gasteiger partial charge on any atom is 0.274 e. The van der Waals surface area contributed by atoms with E-state index >= 15 is 0 Å². The molecule has 1 amide bonds. The Labute approximate surface area is 149 Å². The van der Waals surface area contributed by atoms with E-state index in [0.29, 0.717) is 18.8 Å². The van der Waals surface area contributed by atoms with Crippen LogP contribution in [0.5, 0.6) is 0 Å². The first-order chi connectivity index (χ1) is 12.2. The summed E-state index contributed by atoms with van der Waals surface area (Å²) in [5, 5.41) is 6.23. The third-order valence-electron chi connectivity index (χ3n) is 3.58. The van der Waals surface area contributed by atoms with Crippen molar-refractivity contribution in [2.75, 3.05) is 6.54 Å². The fourth-order valence-corrected chi connectivity index (χ4v) is 3.13. The molecule has 0 fully saturated rings. The van der Waals surface area contributed by atoms with Gasteiger partial charge in [0.2, 0.25) is 0 Å². The van der Waals surface area contributed by atoms with Crippen molar-refractivity contribution in [1.29, 1.82) is 0 Å². The van der Waals surface area contributed by atoms with Crippen molar-refractivity contribution < 1.29 is 4.79 Å². The fourth-order valence-electron chi connectivity index (χ4n) is 2.41. The molecule has 0 saturated carbocycles. The Bertz CT molecular complexity index is 917. The van der Waals surface area contributed by atoms with Gasteiger partial charge in [-0.15, -0.1) is 17.9 Å². The quantitative estimate of drug-likeness (QED) is 0.641. The Morgan fingerprint density at radius 1 is 1.16 bits per heavy atom. The summed E-state index contributed by atoms with van der Waals surface area (Å²) in [5.41, 5.74) is 0.564. The van der Waals surface area contributed by atoms with Gasteiger partial charge in [-0.3, -0.25) is 9.59 Å². The lowest BCUT2D eigenvalue weighted by Gasteiger charge is -2.20. The van der Waals surface area contributed by atoms with Gasteiger partial charge in [0.25, 0.3) is 11.5 Å². The molecule has 3 aromatic rings. The number of carbonyl (C=O) groups excluding carboxylic acids is 1. The molecule has 3 rings (SSSR count). The summed E-state index contributed by atoms with van der Waals surface area (Å²) in [6.45, 7) is 4.61. The van der Waals surface area contributed by atoms with Crippen molar-refractivity contribution in [2.45, 2.75) is 6.54 Å². The van der Waals surface area contributed by atoms with Crippen LogP contribution in [-0.2, 0) is 6.54 Å². The predicted octanol–water partition coefficient (Wildman–Crippen LogP) is 3.12. The molecule has 0 unspecified atom stereocenters. The van der Waals surface area contributed by atoms with E-state index in [9.17, 15) is 9.59 Å². The lowest BCUT2D eigenvalue weighted by molar-refractivity contribution is 0.0756. The Balaban J connectivity index is 1.92. The van der Waals surface area contributed by atoms with Gasteiger partial charge >= 0.3 is 0 Å². The van der Waals surface area contributed by atoms with E-state index in [0.717, 1.165) is 4.88 Å². The van der Waals surface area contributed by atoms with E-state index < -0.39 is 0 Å². The van der Waals surface area contributed by atoms with Crippen LogP contribution in [0.15, 0.2) is 77.4 Å². The third-order valence-corrected chi connectivity index (χ3v) is 4.44. The van der Waals surface area contributed by atoms with Crippen molar-refractivity contribution in [2.24, 2.45) is 0 Å². The van der Waals surface area contributed by atoms with E-state index in [1.165, 1.54) is 16.8 Å². The normalized spacial score (nSPS) is 10.4. The van der Waals surface area contributed by atoms with E-state index in [-0.39, 0.29) is 17.2 Å². The Morgan fingerprint density at radius 3 is 2.64 bits per heavy atom. The highest BCUT2D eigenvalue weighted by atomic mass is 32.1. The van der Waals surface area contributed by atoms with Gasteiger partial charge in [0.1, 0.15) is 5.69 Å². The molecule has 0 saturated heterocycles. The lowest BCUT2D eigenvalue weighted by atomic mass is 10.3. The van der Waals surface area contributed by atoms with Gasteiger partial charge in [-0.1, -0.05) is 30.3 Å². The highest BCUT2D eigenvalue weighted by Gasteiger charge is 2.18. The first kappa shape index (κ1) is 16.9. The summed E-state index contributed by atoms with van der Waals surface area (Å²) >= 11 is 1.59. The fraction of sp³-hybridized carbons (Fsp3) is 0.105. The molecule has 126 valence electrons. The second-order valence-corrected chi connectivity index (χ2v) is 6.39. The van der Waals surface area contributed by atoms with Gasteiger partial charge in [-0.2, -0.15) is 9.78 Å². The van der Waals surface area contributed by atoms with Gasteiger partial charge in [0.05, 0.1) is 12.2 Å². The Hall–Kier alpha value is -2.99. The number of amides is 1. The molecule has 2 heterocycles. The van der Waals surface area contributed by atoms with Gasteiger partial charge < -0.3 is 4.90 Å². The molecule has 0 N–H and O–H groups in total. The van der Waals surface area contributed by atoms with E-state index in [4.69, 9.17) is 0 Å². The molecule has 1 aromatic carbocycles. The van der Waals surface area contributed by atoms with Crippen LogP contribution in [0.4, 0.5) is 0 Å². The SMILES string of the molecule is C=CCN(Cc1cccs1)C(=O)c1ccc(=O)n(-c2ccccc2)n1. The van der Waals surface area contributed by atoms with Gasteiger partial charge in [-0.25, -0.2) is 0 Å². The van der Waals surface area contributed by atoms with Gasteiger partial charge in [0, 0.05) is 17.5 Å². The predicted molar refractivity (Wildman–Crippen MR) is 99.1 cm³/mol. The number of carbonyl (C=O) groups is 1. The second kappa shape index (κ2) is 7.72. The van der Waals surface area contributed by atoms with Gasteiger partial charge in [0.15, 0.2) is 0 Å². The van der Waals surface area contributed by atoms with Crippen LogP contribution in [0.25, 0.3) is 5.69 Å². The first-order valence-electron chi connectivity index (χ1n) is 7.77. The molecule has 0 atom stereocenters. The number of hydrogen-bond acceptors (Lipinski definition) is 4. The van der Waals surface area contributed by atoms with Crippen LogP contribution >= 0.6 is 11.3 Å². The number of para-hydroxylation sites is 1. The maximum absolute atomic E-state index is 12.9. The third kappa shape index (κ3) is 3.92. The number of nitrogens with zero attached hydrogens (tertiary/aromatic N) is 3. The van der Waals surface area contributed by atoms with E-state index in [1.807, 2.05) is 35.7 Å². The van der Waals surface area contributed by atoms with Crippen molar-refractivity contribution in [3.8, 4) is 5.69 Å². The zero-order chi connectivity index (χ0) is 17.6. The number of aromatic nitrogens is 2. The largest absolute Gasteiger partial charge is 0.328 e. The smallest absolute Gasteiger partial charge is 0.274 e. The maximum atomic E-state index is 12.9. The highest BCUT2D eigenvalue weighted by Crippen LogP contribution is 2.14. The van der Waals surface area contributed by atoms with Crippen molar-refractivity contribution >= 4 is 17.2 Å². The molecule has 0 bridgehead atoms. The summed E-state index contributed by atoms with van der Waals surface area (Å²) in [7, 11) is 0. The van der Waals surface area contributed by atoms with Crippen LogP contribution in [0.3, 0.4) is 0 Å². The average molecular weight is 351 g/mol. The van der Waals surface area contributed by atoms with E-state index in [2.05, 4.69) is 11.7 Å². The van der Waals surface area contributed by atoms with Crippen LogP contribution in [0.1, 0.15) is 15.4 Å². The molecule has 0 aliphatic heterocycles. The summed E-state index contributed by atoms with van der Waals surface area (Å²) in [4.78, 5) is 27.7. The number of rotatable bonds is 6. The Morgan fingerprint density at radius 2 is 1.96 bits per heavy atom. The minimum absolute atomic E-state index is 0.224. The second-order valence-electron chi connectivity index (χ2n) is 5.36. The molecule has 0 radical (unpaired) electrons. The minimum Gasteiger partial charge on any atom is -0.328 e. The van der Waals surface area contributed by atoms with Crippen LogP contribution in [0.2, 0.25) is 0 Å². The van der Waals surface area contributed by atoms with Crippen molar-refractivity contribution in [3.05, 3.63) is 93.6 Å². The topological polar surface area (TPSA) is 55.2 Å². The lowest BCUT2D eigenvalue weighted by Crippen LogP contribution is -2.33. The summed E-state index contributed by atoms with van der Waals surface area (Å²) < 4.78 is 1.24. The molecular weight excluding hydrogens is 334 g/mol. The summed E-state index contributed by atoms with van der Waals surface area (Å²) in [6.07, 6.45) is 1.68. The molecule has 5 nitrogen and oxygen atoms in total. The number of benzene rings is 1. The molecule has 0 aliphatic carbocycles. The van der Waals surface area contributed by atoms with Crippen LogP contribution in [-0.4, -0.2) is 27.1 Å². The Kier molecular flexibility index (Phi) is 5.20. The zero-order valence-electron chi connectivity index (χ0n) is 13.5. The molecule has 2 aromatic heterocycles. The molecule has 25 heavy (non-hydrogen) atoms. The molecule has 6 heteroatoms. The highest BCUT2D eigenvalue weighted by molar-refractivity contribution is 7.09. The van der Waals surface area contributed by atoms with E-state index in [1.54, 1.807) is 34.4 Å². The monoisotopic (exact) mass is 351 g/mol. The summed E-state index contributed by atoms with van der Waals surface area (Å²) in [5.74, 6) is -0.238.